The van der Waals surface area contributed by atoms with Crippen LogP contribution < -0.4 is 10.5 Å². The fraction of sp³-hybridized carbons (Fsp3) is 0.105. The summed E-state index contributed by atoms with van der Waals surface area (Å²) in [6.07, 6.45) is -0.880. The summed E-state index contributed by atoms with van der Waals surface area (Å²) >= 11 is 5.98. The van der Waals surface area contributed by atoms with Crippen LogP contribution in [-0.2, 0) is 0 Å². The number of nitrogens with two attached hydrogens (primary N) is 1. The molecule has 2 aromatic heterocycles. The molecule has 0 aliphatic carbocycles. The van der Waals surface area contributed by atoms with Crippen LogP contribution in [0.5, 0.6) is 5.75 Å². The third kappa shape index (κ3) is 3.02. The van der Waals surface area contributed by atoms with Crippen LogP contribution in [0, 0.1) is 13.8 Å². The lowest BCUT2D eigenvalue weighted by atomic mass is 10.2. The summed E-state index contributed by atoms with van der Waals surface area (Å²) in [5.41, 5.74) is 9.93. The van der Waals surface area contributed by atoms with Crippen LogP contribution in [0.2, 0.25) is 5.02 Å². The van der Waals surface area contributed by atoms with Crippen molar-refractivity contribution in [3.8, 4) is 22.8 Å². The van der Waals surface area contributed by atoms with E-state index >= 15 is 0 Å². The summed E-state index contributed by atoms with van der Waals surface area (Å²) in [7, 11) is 0. The van der Waals surface area contributed by atoms with Crippen LogP contribution >= 0.6 is 11.6 Å². The van der Waals surface area contributed by atoms with Crippen LogP contribution in [0.1, 0.15) is 11.4 Å². The summed E-state index contributed by atoms with van der Waals surface area (Å²) in [4.78, 5) is 19.0. The first-order valence-corrected chi connectivity index (χ1v) is 8.60. The summed E-state index contributed by atoms with van der Waals surface area (Å²) < 4.78 is 6.89. The topological polar surface area (TPSA) is 98.8 Å². The van der Waals surface area contributed by atoms with Gasteiger partial charge in [-0.1, -0.05) is 17.7 Å². The molecular formula is C19H16ClN5O2. The number of nitrogens with zero attached hydrogens (tertiary/aromatic N) is 3. The Kier molecular flexibility index (Phi) is 4.08. The van der Waals surface area contributed by atoms with Gasteiger partial charge in [-0.15, -0.1) is 0 Å². The molecule has 0 spiro atoms. The fourth-order valence-corrected chi connectivity index (χ4v) is 3.26. The number of carbonyl (C=O) groups excluding carboxylic acids is 1. The van der Waals surface area contributed by atoms with Gasteiger partial charge in [0, 0.05) is 5.02 Å². The molecule has 4 aromatic rings. The molecule has 2 aromatic carbocycles. The second-order valence-corrected chi connectivity index (χ2v) is 6.53. The van der Waals surface area contributed by atoms with Crippen LogP contribution in [0.25, 0.3) is 28.1 Å². The van der Waals surface area contributed by atoms with Crippen LogP contribution in [0.4, 0.5) is 4.79 Å². The Labute approximate surface area is 159 Å². The van der Waals surface area contributed by atoms with Gasteiger partial charge in [0.25, 0.3) is 0 Å². The average molecular weight is 382 g/mol. The van der Waals surface area contributed by atoms with Crippen molar-refractivity contribution in [1.82, 2.24) is 19.7 Å². The average Bonchev–Trinajstić information content (AvgIpc) is 3.16. The van der Waals surface area contributed by atoms with Gasteiger partial charge in [-0.05, 0) is 50.2 Å². The van der Waals surface area contributed by atoms with Gasteiger partial charge in [0.2, 0.25) is 0 Å². The van der Waals surface area contributed by atoms with Gasteiger partial charge in [0.15, 0.2) is 5.75 Å². The summed E-state index contributed by atoms with van der Waals surface area (Å²) in [5, 5.41) is 5.30. The van der Waals surface area contributed by atoms with E-state index in [1.165, 1.54) is 0 Å². The lowest BCUT2D eigenvalue weighted by Gasteiger charge is -2.04. The zero-order chi connectivity index (χ0) is 19.1. The van der Waals surface area contributed by atoms with Crippen LogP contribution in [0.3, 0.4) is 0 Å². The van der Waals surface area contributed by atoms with Gasteiger partial charge in [0.1, 0.15) is 11.3 Å². The highest BCUT2D eigenvalue weighted by Crippen LogP contribution is 2.31. The number of fused-ring (bicyclic) bond motifs is 1. The Morgan fingerprint density at radius 3 is 2.63 bits per heavy atom. The Morgan fingerprint density at radius 1 is 1.19 bits per heavy atom. The summed E-state index contributed by atoms with van der Waals surface area (Å²) in [5.74, 6) is 0.948. The Balaban J connectivity index is 1.84. The molecule has 0 fully saturated rings. The van der Waals surface area contributed by atoms with E-state index in [0.717, 1.165) is 28.2 Å². The van der Waals surface area contributed by atoms with Crippen molar-refractivity contribution in [3.05, 3.63) is 58.9 Å². The van der Waals surface area contributed by atoms with E-state index in [1.54, 1.807) is 12.1 Å². The Hall–Kier alpha value is -3.32. The number of ether oxygens (including phenoxy) is 1. The number of nitrogens with one attached hydrogen (secondary N) is 1. The molecule has 27 heavy (non-hydrogen) atoms. The number of hydrogen-bond acceptors (Lipinski definition) is 4. The van der Waals surface area contributed by atoms with Gasteiger partial charge >= 0.3 is 6.09 Å². The van der Waals surface area contributed by atoms with Gasteiger partial charge in [-0.2, -0.15) is 5.10 Å². The van der Waals surface area contributed by atoms with E-state index in [-0.39, 0.29) is 0 Å². The first kappa shape index (κ1) is 17.1. The number of carbonyl (C=O) groups is 1. The highest BCUT2D eigenvalue weighted by Gasteiger charge is 2.19. The number of aryl methyl sites for hydroxylation is 1. The SMILES string of the molecule is Cc1nn(-c2ccc(Cl)cc2)c(C)c1-c1nc2c(OC(N)=O)cccc2[nH]1. The zero-order valence-electron chi connectivity index (χ0n) is 14.7. The van der Waals surface area contributed by atoms with Gasteiger partial charge in [-0.3, -0.25) is 0 Å². The van der Waals surface area contributed by atoms with Crippen molar-refractivity contribution in [2.45, 2.75) is 13.8 Å². The van der Waals surface area contributed by atoms with Crippen LogP contribution in [0.15, 0.2) is 42.5 Å². The molecule has 2 heterocycles. The molecule has 0 atom stereocenters. The Morgan fingerprint density at radius 2 is 1.93 bits per heavy atom. The van der Waals surface area contributed by atoms with E-state index < -0.39 is 6.09 Å². The molecular weight excluding hydrogens is 366 g/mol. The molecule has 4 rings (SSSR count). The third-order valence-electron chi connectivity index (χ3n) is 4.29. The monoisotopic (exact) mass is 381 g/mol. The van der Waals surface area contributed by atoms with Gasteiger partial charge in [-0.25, -0.2) is 14.5 Å². The maximum Gasteiger partial charge on any atom is 0.410 e. The number of aromatic amines is 1. The minimum atomic E-state index is -0.880. The second kappa shape index (κ2) is 6.44. The standard InChI is InChI=1S/C19H16ClN5O2/c1-10-16(11(2)25(24-10)13-8-6-12(20)7-9-13)18-22-14-4-3-5-15(17(14)23-18)27-19(21)26/h3-9H,1-2H3,(H2,21,26)(H,22,23). The van der Waals surface area contributed by atoms with Gasteiger partial charge < -0.3 is 15.5 Å². The Bertz CT molecular complexity index is 1160. The third-order valence-corrected chi connectivity index (χ3v) is 4.54. The first-order chi connectivity index (χ1) is 12.9. The number of hydrogen-bond donors (Lipinski definition) is 2. The molecule has 3 N–H and O–H groups in total. The number of rotatable bonds is 3. The fourth-order valence-electron chi connectivity index (χ4n) is 3.13. The maximum absolute atomic E-state index is 11.1. The number of amides is 1. The minimum Gasteiger partial charge on any atom is -0.408 e. The molecule has 0 bridgehead atoms. The molecule has 0 aliphatic rings. The van der Waals surface area contributed by atoms with E-state index in [9.17, 15) is 4.79 Å². The quantitative estimate of drug-likeness (QED) is 0.557. The molecule has 0 aliphatic heterocycles. The molecule has 8 heteroatoms. The minimum absolute atomic E-state index is 0.308. The largest absolute Gasteiger partial charge is 0.410 e. The van der Waals surface area contributed by atoms with Crippen LogP contribution in [-0.4, -0.2) is 25.8 Å². The van der Waals surface area contributed by atoms with Crippen molar-refractivity contribution in [2.24, 2.45) is 5.73 Å². The molecule has 0 radical (unpaired) electrons. The highest BCUT2D eigenvalue weighted by atomic mass is 35.5. The second-order valence-electron chi connectivity index (χ2n) is 6.09. The number of benzene rings is 2. The predicted octanol–water partition coefficient (Wildman–Crippen LogP) is 4.14. The smallest absolute Gasteiger partial charge is 0.408 e. The molecule has 136 valence electrons. The lowest BCUT2D eigenvalue weighted by Crippen LogP contribution is -2.16. The zero-order valence-corrected chi connectivity index (χ0v) is 15.4. The summed E-state index contributed by atoms with van der Waals surface area (Å²) in [6, 6.07) is 12.7. The first-order valence-electron chi connectivity index (χ1n) is 8.22. The van der Waals surface area contributed by atoms with Crippen molar-refractivity contribution >= 4 is 28.7 Å². The van der Waals surface area contributed by atoms with E-state index in [2.05, 4.69) is 15.1 Å². The molecule has 0 unspecified atom stereocenters. The number of halogens is 1. The number of para-hydroxylation sites is 1. The number of primary amides is 1. The molecule has 7 nitrogen and oxygen atoms in total. The number of imidazole rings is 1. The molecule has 0 saturated carbocycles. The lowest BCUT2D eigenvalue weighted by molar-refractivity contribution is 0.211. The normalized spacial score (nSPS) is 11.1. The number of aromatic nitrogens is 4. The molecule has 1 amide bonds. The van der Waals surface area contributed by atoms with Crippen molar-refractivity contribution in [2.75, 3.05) is 0 Å². The van der Waals surface area contributed by atoms with E-state index in [4.69, 9.17) is 22.1 Å². The van der Waals surface area contributed by atoms with Crippen molar-refractivity contribution in [1.29, 1.82) is 0 Å². The number of H-pyrrole nitrogens is 1. The van der Waals surface area contributed by atoms with Gasteiger partial charge in [0.05, 0.1) is 28.2 Å². The highest BCUT2D eigenvalue weighted by molar-refractivity contribution is 6.30. The van der Waals surface area contributed by atoms with Crippen molar-refractivity contribution < 1.29 is 9.53 Å². The maximum atomic E-state index is 11.1. The molecule has 0 saturated heterocycles. The van der Waals surface area contributed by atoms with Crippen molar-refractivity contribution in [3.63, 3.8) is 0 Å². The summed E-state index contributed by atoms with van der Waals surface area (Å²) in [6.45, 7) is 3.89. The van der Waals surface area contributed by atoms with E-state index in [0.29, 0.717) is 22.1 Å². The van der Waals surface area contributed by atoms with E-state index in [1.807, 2.05) is 48.9 Å². The predicted molar refractivity (Wildman–Crippen MR) is 103 cm³/mol.